The van der Waals surface area contributed by atoms with Crippen LogP contribution in [0.5, 0.6) is 0 Å². The summed E-state index contributed by atoms with van der Waals surface area (Å²) in [5.41, 5.74) is 20.1. The zero-order chi connectivity index (χ0) is 65.7. The molecule has 0 fully saturated rings. The first-order valence-electron chi connectivity index (χ1n) is 30.1. The molecule has 0 unspecified atom stereocenters. The number of fused-ring (bicyclic) bond motifs is 6. The van der Waals surface area contributed by atoms with E-state index in [4.69, 9.17) is 14.9 Å². The van der Waals surface area contributed by atoms with E-state index in [-0.39, 0.29) is 97.7 Å². The number of pyridine rings is 1. The standard InChI is InChI=1S/C22H13N4.C21H20FN4.C19H16N3.C16H8N3O.4Ir/c23-15-16-12-13-25(24-16)18-10-11-22-20(14-18)19-8-4-5-9-21(19)26(22)17-6-2-1-3-7-17;1-12(2)17-6-7-18(21(22)24-17)26-19(10-16(11-23)25-26)20-14(4)8-13(3)9-15(20)5;1-13-9-14(2)19(15(3)10-13)18-11-16(12-20)21-22(18)17-7-5-4-6-8-17;17-10-11-7-8-19(18-11)12-5-6-16-14(9-12)13-3-1-2-4-15(13)20-16;;;;/h1-9,11-14H;6,8-10,12H,1-5H3;4-7,9-11H,1-3H3;1-4,6-9H;;;;/q4*-1;;;;. The van der Waals surface area contributed by atoms with Gasteiger partial charge in [0.25, 0.3) is 0 Å². The van der Waals surface area contributed by atoms with E-state index in [9.17, 15) is 14.9 Å². The molecule has 7 aromatic heterocycles. The summed E-state index contributed by atoms with van der Waals surface area (Å²) in [6, 6.07) is 79.8. The molecule has 0 spiro atoms. The van der Waals surface area contributed by atoms with Crippen LogP contribution in [0.25, 0.3) is 94.7 Å². The van der Waals surface area contributed by atoms with Crippen molar-refractivity contribution in [2.45, 2.75) is 61.3 Å². The van der Waals surface area contributed by atoms with E-state index in [1.807, 2.05) is 132 Å². The normalized spacial score (nSPS) is 10.4. The van der Waals surface area contributed by atoms with E-state index < -0.39 is 5.95 Å². The number of aryl methyl sites for hydroxylation is 6. The number of hydrogen-bond donors (Lipinski definition) is 0. The van der Waals surface area contributed by atoms with Crippen molar-refractivity contribution in [3.63, 3.8) is 0 Å². The fourth-order valence-corrected chi connectivity index (χ4v) is 11.8. The van der Waals surface area contributed by atoms with E-state index >= 15 is 0 Å². The van der Waals surface area contributed by atoms with Gasteiger partial charge in [-0.2, -0.15) is 96.0 Å². The average Bonchev–Trinajstić information content (AvgIpc) is 1.59. The Morgan fingerprint density at radius 3 is 1.50 bits per heavy atom. The predicted octanol–water partition coefficient (Wildman–Crippen LogP) is 17.0. The van der Waals surface area contributed by atoms with E-state index in [1.165, 1.54) is 26.8 Å². The first kappa shape index (κ1) is 73.6. The molecule has 0 saturated carbocycles. The Morgan fingerprint density at radius 2 is 0.959 bits per heavy atom. The Morgan fingerprint density at radius 1 is 0.449 bits per heavy atom. The largest absolute Gasteiger partial charge is 0.516 e. The molecule has 492 valence electrons. The van der Waals surface area contributed by atoms with Gasteiger partial charge < -0.3 is 14.0 Å². The smallest absolute Gasteiger partial charge is 0.163 e. The second kappa shape index (κ2) is 32.3. The van der Waals surface area contributed by atoms with Crippen molar-refractivity contribution >= 4 is 43.7 Å². The molecule has 0 N–H and O–H groups in total. The van der Waals surface area contributed by atoms with E-state index in [0.717, 1.165) is 94.6 Å². The molecule has 15 aromatic rings. The van der Waals surface area contributed by atoms with Crippen molar-refractivity contribution in [2.75, 3.05) is 0 Å². The van der Waals surface area contributed by atoms with Gasteiger partial charge in [-0.15, -0.1) is 29.7 Å². The van der Waals surface area contributed by atoms with Crippen LogP contribution < -0.4 is 0 Å². The Hall–Kier alpha value is -10.2. The molecular formula is C78H57FIr4N14O-4. The third kappa shape index (κ3) is 15.3. The molecule has 0 aliphatic rings. The predicted molar refractivity (Wildman–Crippen MR) is 361 cm³/mol. The number of para-hydroxylation sites is 4. The van der Waals surface area contributed by atoms with Gasteiger partial charge in [-0.1, -0.05) is 126 Å². The quantitative estimate of drug-likeness (QED) is 0.104. The monoisotopic (exact) mass is 2000 g/mol. The number of benzene rings is 8. The Bertz CT molecular complexity index is 5490. The molecule has 4 radical (unpaired) electrons. The van der Waals surface area contributed by atoms with Gasteiger partial charge in [-0.25, -0.2) is 0 Å². The van der Waals surface area contributed by atoms with Crippen LogP contribution in [0.15, 0.2) is 199 Å². The molecule has 0 aliphatic heterocycles. The van der Waals surface area contributed by atoms with Gasteiger partial charge in [0.2, 0.25) is 0 Å². The molecule has 0 amide bonds. The van der Waals surface area contributed by atoms with Crippen molar-refractivity contribution in [3.05, 3.63) is 286 Å². The summed E-state index contributed by atoms with van der Waals surface area (Å²) in [7, 11) is 0. The molecule has 15 nitrogen and oxygen atoms in total. The number of rotatable bonds is 8. The fraction of sp³-hybridized carbons (Fsp3) is 0.115. The molecule has 98 heavy (non-hydrogen) atoms. The summed E-state index contributed by atoms with van der Waals surface area (Å²) in [4.78, 5) is 4.04. The zero-order valence-corrected chi connectivity index (χ0v) is 63.5. The Labute approximate surface area is 620 Å². The summed E-state index contributed by atoms with van der Waals surface area (Å²) < 4.78 is 29.2. The second-order valence-corrected chi connectivity index (χ2v) is 22.8. The molecule has 15 rings (SSSR count). The van der Waals surface area contributed by atoms with E-state index in [0.29, 0.717) is 28.5 Å². The first-order chi connectivity index (χ1) is 45.6. The summed E-state index contributed by atoms with van der Waals surface area (Å²) >= 11 is 0. The summed E-state index contributed by atoms with van der Waals surface area (Å²) in [5.74, 6) is -0.546. The van der Waals surface area contributed by atoms with Crippen LogP contribution in [0.4, 0.5) is 4.39 Å². The van der Waals surface area contributed by atoms with Crippen molar-refractivity contribution < 1.29 is 89.2 Å². The van der Waals surface area contributed by atoms with Gasteiger partial charge in [-0.05, 0) is 123 Å². The van der Waals surface area contributed by atoms with Crippen LogP contribution in [-0.4, -0.2) is 48.7 Å². The van der Waals surface area contributed by atoms with Crippen LogP contribution in [0.1, 0.15) is 81.6 Å². The second-order valence-electron chi connectivity index (χ2n) is 22.8. The Balaban J connectivity index is 0.000000165. The van der Waals surface area contributed by atoms with Crippen LogP contribution >= 0.6 is 0 Å². The van der Waals surface area contributed by atoms with Gasteiger partial charge in [0.1, 0.15) is 35.8 Å². The minimum Gasteiger partial charge on any atom is -0.516 e. The Kier molecular flexibility index (Phi) is 24.2. The minimum atomic E-state index is -0.646. The number of nitrogens with zero attached hydrogens (tertiary/aromatic N) is 14. The van der Waals surface area contributed by atoms with E-state index in [1.54, 1.807) is 56.8 Å². The number of nitriles is 4. The number of halogens is 1. The molecule has 0 saturated heterocycles. The first-order valence-corrected chi connectivity index (χ1v) is 30.1. The van der Waals surface area contributed by atoms with Gasteiger partial charge in [-0.3, -0.25) is 23.1 Å². The van der Waals surface area contributed by atoms with Crippen molar-refractivity contribution in [1.29, 1.82) is 21.0 Å². The number of aromatic nitrogens is 10. The fourth-order valence-electron chi connectivity index (χ4n) is 11.8. The van der Waals surface area contributed by atoms with Crippen LogP contribution in [0.3, 0.4) is 0 Å². The molecular weight excluding hydrogens is 1940 g/mol. The van der Waals surface area contributed by atoms with Gasteiger partial charge in [0.05, 0.1) is 11.4 Å². The van der Waals surface area contributed by atoms with Crippen LogP contribution in [0.2, 0.25) is 0 Å². The summed E-state index contributed by atoms with van der Waals surface area (Å²) in [6.07, 6.45) is 3.53. The minimum absolute atomic E-state index is 0. The van der Waals surface area contributed by atoms with Crippen molar-refractivity contribution in [1.82, 2.24) is 48.7 Å². The number of hydrogen-bond acceptors (Lipinski definition) is 10. The molecule has 7 heterocycles. The third-order valence-electron chi connectivity index (χ3n) is 15.8. The third-order valence-corrected chi connectivity index (χ3v) is 15.8. The van der Waals surface area contributed by atoms with Gasteiger partial charge in [0.15, 0.2) is 22.8 Å². The molecule has 8 aromatic carbocycles. The van der Waals surface area contributed by atoms with Gasteiger partial charge >= 0.3 is 0 Å². The van der Waals surface area contributed by atoms with Crippen molar-refractivity contribution in [3.8, 4) is 75.2 Å². The number of furan rings is 1. The topological polar surface area (TPSA) is 197 Å². The molecule has 0 bridgehead atoms. The summed E-state index contributed by atoms with van der Waals surface area (Å²) in [5, 5.41) is 57.8. The maximum atomic E-state index is 14.7. The van der Waals surface area contributed by atoms with Gasteiger partial charge in [0, 0.05) is 144 Å². The maximum absolute atomic E-state index is 14.7. The maximum Gasteiger partial charge on any atom is 0.163 e. The average molecular weight is 1990 g/mol. The van der Waals surface area contributed by atoms with Crippen LogP contribution in [0, 0.1) is 117 Å². The molecule has 0 aliphatic carbocycles. The zero-order valence-electron chi connectivity index (χ0n) is 53.9. The SMILES string of the molecule is Cc1cc(C)c(-c2cc(C#N)nn2-c2[c-]cc(C(C)C)nc2F)c(C)c1.Cc1cc(C)c(-c2cc(C#N)nn2-c2[c-]cccc2)c(C)c1.N#Cc1ccn(-c2[c-]cc3c(c2)c2ccccc2n3-c2ccccc2)n1.N#Cc1ccn(-c2[c-]cc3oc4ccccc4c3c2)n1.[Ir].[Ir].[Ir].[Ir]. The van der Waals surface area contributed by atoms with E-state index in [2.05, 4.69) is 154 Å². The molecule has 0 atom stereocenters. The van der Waals surface area contributed by atoms with Crippen LogP contribution in [-0.2, 0) is 80.4 Å². The summed E-state index contributed by atoms with van der Waals surface area (Å²) in [6.45, 7) is 16.2. The molecule has 20 heteroatoms. The van der Waals surface area contributed by atoms with Crippen molar-refractivity contribution in [2.24, 2.45) is 0 Å².